The minimum atomic E-state index is -0.933. The van der Waals surface area contributed by atoms with Crippen LogP contribution in [-0.2, 0) is 6.54 Å². The molecule has 0 spiro atoms. The Bertz CT molecular complexity index is 1730. The first-order chi connectivity index (χ1) is 19.6. The van der Waals surface area contributed by atoms with Crippen LogP contribution in [0.4, 0.5) is 0 Å². The van der Waals surface area contributed by atoms with E-state index in [4.69, 9.17) is 0 Å². The predicted octanol–water partition coefficient (Wildman–Crippen LogP) is 8.29. The number of rotatable bonds is 8. The lowest BCUT2D eigenvalue weighted by atomic mass is 9.99. The Balaban J connectivity index is 1.36. The van der Waals surface area contributed by atoms with Gasteiger partial charge in [-0.25, -0.2) is 4.79 Å². The molecule has 5 nitrogen and oxygen atoms in total. The van der Waals surface area contributed by atoms with Gasteiger partial charge in [0, 0.05) is 28.7 Å². The summed E-state index contributed by atoms with van der Waals surface area (Å²) in [6.07, 6.45) is 0. The monoisotopic (exact) mass is 544 g/mol. The summed E-state index contributed by atoms with van der Waals surface area (Å²) < 4.78 is 2.27. The molecule has 1 aromatic heterocycles. The van der Waals surface area contributed by atoms with Crippen molar-refractivity contribution in [2.24, 2.45) is 0 Å². The van der Waals surface area contributed by atoms with Crippen LogP contribution in [0, 0.1) is 13.8 Å². The average Bonchev–Trinajstić information content (AvgIpc) is 3.21. The van der Waals surface area contributed by atoms with Crippen molar-refractivity contribution in [1.29, 1.82) is 0 Å². The number of hydrogen-bond donors (Lipinski definition) is 2. The third-order valence-corrected chi connectivity index (χ3v) is 8.11. The van der Waals surface area contributed by atoms with Gasteiger partial charge in [-0.15, -0.1) is 0 Å². The number of amides is 1. The third-order valence-electron chi connectivity index (χ3n) is 8.11. The Morgan fingerprint density at radius 3 is 2.15 bits per heavy atom. The molecule has 2 N–H and O–H groups in total. The van der Waals surface area contributed by atoms with Gasteiger partial charge in [0.2, 0.25) is 0 Å². The number of benzene rings is 4. The summed E-state index contributed by atoms with van der Waals surface area (Å²) in [6.45, 7) is 11.2. The van der Waals surface area contributed by atoms with Crippen LogP contribution in [-0.4, -0.2) is 21.6 Å². The molecule has 0 radical (unpaired) electrons. The van der Waals surface area contributed by atoms with Crippen molar-refractivity contribution in [2.75, 3.05) is 0 Å². The number of aromatic nitrogens is 1. The molecule has 5 rings (SSSR count). The zero-order valence-electron chi connectivity index (χ0n) is 24.2. The molecular formula is C36H36N2O3. The van der Waals surface area contributed by atoms with Gasteiger partial charge in [-0.3, -0.25) is 4.79 Å². The molecule has 1 amide bonds. The van der Waals surface area contributed by atoms with Gasteiger partial charge in [0.1, 0.15) is 0 Å². The van der Waals surface area contributed by atoms with Crippen molar-refractivity contribution >= 4 is 22.8 Å². The van der Waals surface area contributed by atoms with Crippen molar-refractivity contribution in [1.82, 2.24) is 9.88 Å². The molecule has 0 fully saturated rings. The second-order valence-corrected chi connectivity index (χ2v) is 11.1. The SMILES string of the molecule is Cc1c(C)n(Cc2ccc(-c3ccccc3C(=O)O)cc2)c2ccc(C(=O)NC(C)c3ccc(C(C)C)cc3)cc12. The number of nitrogens with zero attached hydrogens (tertiary/aromatic N) is 1. The van der Waals surface area contributed by atoms with Crippen LogP contribution in [0.1, 0.15) is 81.4 Å². The van der Waals surface area contributed by atoms with E-state index in [9.17, 15) is 14.7 Å². The van der Waals surface area contributed by atoms with E-state index in [2.05, 4.69) is 61.8 Å². The number of aryl methyl sites for hydroxylation is 1. The maximum Gasteiger partial charge on any atom is 0.336 e. The molecule has 5 aromatic rings. The first kappa shape index (κ1) is 27.9. The molecule has 0 bridgehead atoms. The number of hydrogen-bond acceptors (Lipinski definition) is 2. The zero-order chi connectivity index (χ0) is 29.3. The lowest BCUT2D eigenvalue weighted by Crippen LogP contribution is -2.26. The smallest absolute Gasteiger partial charge is 0.336 e. The second-order valence-electron chi connectivity index (χ2n) is 11.1. The summed E-state index contributed by atoms with van der Waals surface area (Å²) in [5.41, 5.74) is 9.37. The van der Waals surface area contributed by atoms with E-state index < -0.39 is 5.97 Å². The number of carbonyl (C=O) groups is 2. The van der Waals surface area contributed by atoms with Crippen LogP contribution < -0.4 is 5.32 Å². The lowest BCUT2D eigenvalue weighted by molar-refractivity contribution is 0.0697. The quantitative estimate of drug-likeness (QED) is 0.206. The first-order valence-corrected chi connectivity index (χ1v) is 14.1. The average molecular weight is 545 g/mol. The van der Waals surface area contributed by atoms with Crippen molar-refractivity contribution in [3.8, 4) is 11.1 Å². The highest BCUT2D eigenvalue weighted by Gasteiger charge is 2.17. The van der Waals surface area contributed by atoms with Crippen LogP contribution in [0.2, 0.25) is 0 Å². The lowest BCUT2D eigenvalue weighted by Gasteiger charge is -2.16. The number of nitrogens with one attached hydrogen (secondary N) is 1. The van der Waals surface area contributed by atoms with Crippen molar-refractivity contribution in [3.63, 3.8) is 0 Å². The Kier molecular flexibility index (Phi) is 7.80. The van der Waals surface area contributed by atoms with Gasteiger partial charge in [-0.1, -0.05) is 80.6 Å². The fourth-order valence-corrected chi connectivity index (χ4v) is 5.42. The molecule has 4 aromatic carbocycles. The van der Waals surface area contributed by atoms with E-state index in [-0.39, 0.29) is 11.9 Å². The fraction of sp³-hybridized carbons (Fsp3) is 0.222. The molecule has 1 heterocycles. The Hall–Kier alpha value is -4.64. The van der Waals surface area contributed by atoms with Crippen LogP contribution >= 0.6 is 0 Å². The topological polar surface area (TPSA) is 71.3 Å². The maximum atomic E-state index is 13.2. The molecule has 0 saturated heterocycles. The Morgan fingerprint density at radius 2 is 1.49 bits per heavy atom. The predicted molar refractivity (Wildman–Crippen MR) is 166 cm³/mol. The maximum absolute atomic E-state index is 13.2. The Morgan fingerprint density at radius 1 is 0.829 bits per heavy atom. The number of carbonyl (C=O) groups excluding carboxylic acids is 1. The van der Waals surface area contributed by atoms with Crippen molar-refractivity contribution in [2.45, 2.75) is 53.1 Å². The Labute approximate surface area is 241 Å². The van der Waals surface area contributed by atoms with Gasteiger partial charge in [0.15, 0.2) is 0 Å². The normalized spacial score (nSPS) is 12.0. The molecule has 208 valence electrons. The number of carboxylic acid groups (broad SMARTS) is 1. The highest BCUT2D eigenvalue weighted by Crippen LogP contribution is 2.29. The van der Waals surface area contributed by atoms with Crippen LogP contribution in [0.15, 0.2) is 91.0 Å². The molecule has 5 heteroatoms. The van der Waals surface area contributed by atoms with Gasteiger partial charge in [0.25, 0.3) is 5.91 Å². The standard InChI is InChI=1S/C36H36N2O3/c1-22(2)27-14-16-28(17-15-27)24(4)37-35(39)30-18-19-34-33(20-30)23(3)25(5)38(34)21-26-10-12-29(13-11-26)31-8-6-7-9-32(31)36(40)41/h6-20,22,24H,21H2,1-5H3,(H,37,39)(H,40,41). The van der Waals surface area contributed by atoms with Crippen molar-refractivity contribution < 1.29 is 14.7 Å². The van der Waals surface area contributed by atoms with E-state index in [1.165, 1.54) is 5.56 Å². The zero-order valence-corrected chi connectivity index (χ0v) is 24.2. The summed E-state index contributed by atoms with van der Waals surface area (Å²) in [5, 5.41) is 13.8. The largest absolute Gasteiger partial charge is 0.478 e. The molecule has 1 atom stereocenters. The fourth-order valence-electron chi connectivity index (χ4n) is 5.42. The van der Waals surface area contributed by atoms with Crippen LogP contribution in [0.25, 0.3) is 22.0 Å². The second kappa shape index (κ2) is 11.5. The van der Waals surface area contributed by atoms with E-state index in [1.807, 2.05) is 61.5 Å². The third kappa shape index (κ3) is 5.66. The molecule has 0 aliphatic rings. The van der Waals surface area contributed by atoms with E-state index in [1.54, 1.807) is 12.1 Å². The van der Waals surface area contributed by atoms with E-state index in [0.29, 0.717) is 29.2 Å². The molecule has 0 aliphatic heterocycles. The highest BCUT2D eigenvalue weighted by molar-refractivity contribution is 5.99. The van der Waals surface area contributed by atoms with Crippen LogP contribution in [0.3, 0.4) is 0 Å². The van der Waals surface area contributed by atoms with Gasteiger partial charge >= 0.3 is 5.97 Å². The highest BCUT2D eigenvalue weighted by atomic mass is 16.4. The van der Waals surface area contributed by atoms with Gasteiger partial charge in [0.05, 0.1) is 11.6 Å². The molecule has 41 heavy (non-hydrogen) atoms. The molecule has 0 aliphatic carbocycles. The van der Waals surface area contributed by atoms with Crippen LogP contribution in [0.5, 0.6) is 0 Å². The minimum absolute atomic E-state index is 0.0885. The van der Waals surface area contributed by atoms with Gasteiger partial charge in [-0.05, 0) is 84.3 Å². The summed E-state index contributed by atoms with van der Waals surface area (Å²) in [4.78, 5) is 24.9. The number of fused-ring (bicyclic) bond motifs is 1. The summed E-state index contributed by atoms with van der Waals surface area (Å²) >= 11 is 0. The van der Waals surface area contributed by atoms with Crippen molar-refractivity contribution in [3.05, 3.63) is 130 Å². The first-order valence-electron chi connectivity index (χ1n) is 14.1. The summed E-state index contributed by atoms with van der Waals surface area (Å²) in [7, 11) is 0. The summed E-state index contributed by atoms with van der Waals surface area (Å²) in [5.74, 6) is -0.549. The van der Waals surface area contributed by atoms with Gasteiger partial charge in [-0.2, -0.15) is 0 Å². The molecular weight excluding hydrogens is 508 g/mol. The summed E-state index contributed by atoms with van der Waals surface area (Å²) in [6, 6.07) is 29.4. The number of carboxylic acids is 1. The van der Waals surface area contributed by atoms with Gasteiger partial charge < -0.3 is 15.0 Å². The number of aromatic carboxylic acids is 1. The molecule has 0 saturated carbocycles. The van der Waals surface area contributed by atoms with E-state index in [0.717, 1.165) is 38.9 Å². The van der Waals surface area contributed by atoms with E-state index >= 15 is 0 Å². The molecule has 1 unspecified atom stereocenters. The minimum Gasteiger partial charge on any atom is -0.478 e.